The number of nitrogens with one attached hydrogen (secondary N) is 1. The molecule has 0 aliphatic carbocycles. The second kappa shape index (κ2) is 9.49. The summed E-state index contributed by atoms with van der Waals surface area (Å²) in [5.74, 6) is 0.00997. The van der Waals surface area contributed by atoms with Gasteiger partial charge in [-0.3, -0.25) is 9.78 Å². The lowest BCUT2D eigenvalue weighted by atomic mass is 10.0. The largest absolute Gasteiger partial charge is 0.349 e. The molecule has 3 aromatic rings. The van der Waals surface area contributed by atoms with Crippen LogP contribution < -0.4 is 5.32 Å². The minimum absolute atomic E-state index is 0.00997. The summed E-state index contributed by atoms with van der Waals surface area (Å²) in [4.78, 5) is 17.1. The summed E-state index contributed by atoms with van der Waals surface area (Å²) >= 11 is 0. The Morgan fingerprint density at radius 2 is 1.81 bits per heavy atom. The molecule has 0 spiro atoms. The second-order valence-electron chi connectivity index (χ2n) is 6.58. The van der Waals surface area contributed by atoms with E-state index in [1.54, 1.807) is 0 Å². The number of para-hydroxylation sites is 1. The predicted octanol–water partition coefficient (Wildman–Crippen LogP) is 4.72. The molecule has 1 heterocycles. The number of nitrogens with zero attached hydrogens (tertiary/aromatic N) is 2. The number of hydrogen-bond donors (Lipinski definition) is 1. The lowest BCUT2D eigenvalue weighted by Crippen LogP contribution is -2.28. The van der Waals surface area contributed by atoms with Crippen molar-refractivity contribution >= 4 is 16.8 Å². The van der Waals surface area contributed by atoms with Gasteiger partial charge in [-0.1, -0.05) is 54.6 Å². The Hall–Kier alpha value is -3.19. The monoisotopic (exact) mass is 357 g/mol. The van der Waals surface area contributed by atoms with Gasteiger partial charge in [0.15, 0.2) is 0 Å². The second-order valence-corrected chi connectivity index (χ2v) is 6.58. The van der Waals surface area contributed by atoms with Crippen LogP contribution in [0.25, 0.3) is 10.9 Å². The van der Waals surface area contributed by atoms with E-state index in [0.717, 1.165) is 35.0 Å². The third-order valence-corrected chi connectivity index (χ3v) is 4.58. The molecule has 0 bridgehead atoms. The Labute approximate surface area is 159 Å². The summed E-state index contributed by atoms with van der Waals surface area (Å²) in [6.07, 6.45) is 3.03. The first-order valence-corrected chi connectivity index (χ1v) is 9.32. The van der Waals surface area contributed by atoms with Crippen molar-refractivity contribution in [1.82, 2.24) is 10.3 Å². The van der Waals surface area contributed by atoms with Crippen LogP contribution in [0, 0.1) is 11.3 Å². The van der Waals surface area contributed by atoms with E-state index in [1.807, 2.05) is 66.7 Å². The minimum Gasteiger partial charge on any atom is -0.349 e. The quantitative estimate of drug-likeness (QED) is 0.593. The van der Waals surface area contributed by atoms with Crippen LogP contribution in [0.4, 0.5) is 0 Å². The SMILES string of the molecule is N#CCCCC(NC(=O)CCc1ccc2ccccc2n1)c1ccccc1. The van der Waals surface area contributed by atoms with E-state index < -0.39 is 0 Å². The average molecular weight is 357 g/mol. The Balaban J connectivity index is 1.60. The molecule has 3 rings (SSSR count). The van der Waals surface area contributed by atoms with E-state index in [0.29, 0.717) is 19.3 Å². The fourth-order valence-electron chi connectivity index (χ4n) is 3.15. The van der Waals surface area contributed by atoms with Gasteiger partial charge in [0.2, 0.25) is 5.91 Å². The van der Waals surface area contributed by atoms with Crippen LogP contribution >= 0.6 is 0 Å². The molecule has 0 aliphatic rings. The molecule has 0 fully saturated rings. The van der Waals surface area contributed by atoms with Crippen molar-refractivity contribution in [2.45, 2.75) is 38.1 Å². The molecule has 4 nitrogen and oxygen atoms in total. The normalized spacial score (nSPS) is 11.7. The number of aryl methyl sites for hydroxylation is 1. The van der Waals surface area contributed by atoms with Crippen molar-refractivity contribution in [2.75, 3.05) is 0 Å². The van der Waals surface area contributed by atoms with Gasteiger partial charge in [0, 0.05) is 23.9 Å². The lowest BCUT2D eigenvalue weighted by molar-refractivity contribution is -0.121. The number of carbonyl (C=O) groups excluding carboxylic acids is 1. The van der Waals surface area contributed by atoms with Gasteiger partial charge in [0.1, 0.15) is 0 Å². The smallest absolute Gasteiger partial charge is 0.220 e. The van der Waals surface area contributed by atoms with Crippen molar-refractivity contribution in [3.63, 3.8) is 0 Å². The maximum absolute atomic E-state index is 12.5. The topological polar surface area (TPSA) is 65.8 Å². The molecule has 1 aromatic heterocycles. The van der Waals surface area contributed by atoms with Crippen molar-refractivity contribution in [3.05, 3.63) is 78.0 Å². The van der Waals surface area contributed by atoms with E-state index in [2.05, 4.69) is 16.4 Å². The maximum Gasteiger partial charge on any atom is 0.220 e. The van der Waals surface area contributed by atoms with Gasteiger partial charge < -0.3 is 5.32 Å². The van der Waals surface area contributed by atoms with Crippen molar-refractivity contribution in [2.24, 2.45) is 0 Å². The van der Waals surface area contributed by atoms with Crippen LogP contribution in [0.2, 0.25) is 0 Å². The molecular formula is C23H23N3O. The maximum atomic E-state index is 12.5. The highest BCUT2D eigenvalue weighted by Crippen LogP contribution is 2.19. The standard InChI is InChI=1S/C23H23N3O/c24-17-7-6-12-22(18-8-2-1-3-9-18)26-23(27)16-15-20-14-13-19-10-4-5-11-21(19)25-20/h1-5,8-11,13-14,22H,6-7,12,15-16H2,(H,26,27). The first-order valence-electron chi connectivity index (χ1n) is 9.32. The first kappa shape index (κ1) is 18.6. The Morgan fingerprint density at radius 3 is 2.63 bits per heavy atom. The zero-order valence-electron chi connectivity index (χ0n) is 15.3. The number of hydrogen-bond acceptors (Lipinski definition) is 3. The number of fused-ring (bicyclic) bond motifs is 1. The van der Waals surface area contributed by atoms with Crippen molar-refractivity contribution in [3.8, 4) is 6.07 Å². The molecule has 0 aliphatic heterocycles. The average Bonchev–Trinajstić information content (AvgIpc) is 2.72. The Bertz CT molecular complexity index is 931. The number of rotatable bonds is 8. The molecule has 1 N–H and O–H groups in total. The molecule has 4 heteroatoms. The zero-order valence-corrected chi connectivity index (χ0v) is 15.3. The number of nitriles is 1. The number of aromatic nitrogens is 1. The predicted molar refractivity (Wildman–Crippen MR) is 107 cm³/mol. The molecule has 0 radical (unpaired) electrons. The van der Waals surface area contributed by atoms with E-state index in [9.17, 15) is 4.79 Å². The van der Waals surface area contributed by atoms with E-state index in [1.165, 1.54) is 0 Å². The number of carbonyl (C=O) groups is 1. The fourth-order valence-corrected chi connectivity index (χ4v) is 3.15. The van der Waals surface area contributed by atoms with Gasteiger partial charge >= 0.3 is 0 Å². The van der Waals surface area contributed by atoms with Gasteiger partial charge in [-0.2, -0.15) is 5.26 Å². The zero-order chi connectivity index (χ0) is 18.9. The molecule has 0 saturated heterocycles. The van der Waals surface area contributed by atoms with E-state index in [4.69, 9.17) is 5.26 Å². The van der Waals surface area contributed by atoms with E-state index in [-0.39, 0.29) is 11.9 Å². The summed E-state index contributed by atoms with van der Waals surface area (Å²) in [6.45, 7) is 0. The molecule has 27 heavy (non-hydrogen) atoms. The van der Waals surface area contributed by atoms with Crippen LogP contribution in [0.15, 0.2) is 66.7 Å². The third kappa shape index (κ3) is 5.39. The third-order valence-electron chi connectivity index (χ3n) is 4.58. The van der Waals surface area contributed by atoms with Crippen LogP contribution in [0.5, 0.6) is 0 Å². The molecule has 1 amide bonds. The summed E-state index contributed by atoms with van der Waals surface area (Å²) in [7, 11) is 0. The van der Waals surface area contributed by atoms with E-state index >= 15 is 0 Å². The van der Waals surface area contributed by atoms with Crippen molar-refractivity contribution in [1.29, 1.82) is 5.26 Å². The van der Waals surface area contributed by atoms with Gasteiger partial charge in [-0.25, -0.2) is 0 Å². The Morgan fingerprint density at radius 1 is 1.04 bits per heavy atom. The highest BCUT2D eigenvalue weighted by molar-refractivity contribution is 5.79. The molecule has 0 saturated carbocycles. The molecule has 136 valence electrons. The number of pyridine rings is 1. The first-order chi connectivity index (χ1) is 13.3. The Kier molecular flexibility index (Phi) is 6.54. The highest BCUT2D eigenvalue weighted by Gasteiger charge is 2.14. The number of unbranched alkanes of at least 4 members (excludes halogenated alkanes) is 1. The van der Waals surface area contributed by atoms with Gasteiger partial charge in [-0.15, -0.1) is 0 Å². The van der Waals surface area contributed by atoms with Crippen LogP contribution in [-0.2, 0) is 11.2 Å². The summed E-state index contributed by atoms with van der Waals surface area (Å²) < 4.78 is 0. The summed E-state index contributed by atoms with van der Waals surface area (Å²) in [5.41, 5.74) is 2.95. The lowest BCUT2D eigenvalue weighted by Gasteiger charge is -2.19. The highest BCUT2D eigenvalue weighted by atomic mass is 16.1. The molecule has 2 aromatic carbocycles. The minimum atomic E-state index is -0.0587. The summed E-state index contributed by atoms with van der Waals surface area (Å²) in [5, 5.41) is 13.0. The van der Waals surface area contributed by atoms with Gasteiger partial charge in [-0.05, 0) is 37.0 Å². The van der Waals surface area contributed by atoms with Crippen molar-refractivity contribution < 1.29 is 4.79 Å². The fraction of sp³-hybridized carbons (Fsp3) is 0.261. The summed E-state index contributed by atoms with van der Waals surface area (Å²) in [6, 6.07) is 24.1. The van der Waals surface area contributed by atoms with Crippen LogP contribution in [0.3, 0.4) is 0 Å². The number of benzene rings is 2. The van der Waals surface area contributed by atoms with Crippen LogP contribution in [-0.4, -0.2) is 10.9 Å². The molecular weight excluding hydrogens is 334 g/mol. The van der Waals surface area contributed by atoms with Gasteiger partial charge in [0.05, 0.1) is 17.6 Å². The molecule has 1 atom stereocenters. The van der Waals surface area contributed by atoms with Crippen LogP contribution in [0.1, 0.15) is 43.0 Å². The number of amides is 1. The molecule has 1 unspecified atom stereocenters. The van der Waals surface area contributed by atoms with Gasteiger partial charge in [0.25, 0.3) is 0 Å².